The molecule has 0 fully saturated rings. The molecule has 90 valence electrons. The van der Waals surface area contributed by atoms with Crippen molar-refractivity contribution in [3.63, 3.8) is 0 Å². The predicted octanol–water partition coefficient (Wildman–Crippen LogP) is 0.224. The Balaban J connectivity index is -0.000000720. The van der Waals surface area contributed by atoms with Crippen molar-refractivity contribution in [1.29, 1.82) is 0 Å². The summed E-state index contributed by atoms with van der Waals surface area (Å²) in [7, 11) is 0. The van der Waals surface area contributed by atoms with Crippen LogP contribution in [0.4, 0.5) is 0 Å². The number of hydrogen-bond acceptors (Lipinski definition) is 7. The highest BCUT2D eigenvalue weighted by atomic mass is 17.2. The van der Waals surface area contributed by atoms with Crippen LogP contribution in [0.25, 0.3) is 0 Å². The largest absolute Gasteiger partial charge is 0.481 e. The van der Waals surface area contributed by atoms with Gasteiger partial charge in [-0.2, -0.15) is 0 Å². The van der Waals surface area contributed by atoms with E-state index in [1.54, 1.807) is 0 Å². The maximum absolute atomic E-state index is 10.4. The summed E-state index contributed by atoms with van der Waals surface area (Å²) in [4.78, 5) is 41.3. The SMILES string of the molecule is C.C.O=C(O)CC(=O)OOC(=O)COO. The van der Waals surface area contributed by atoms with Gasteiger partial charge in [0, 0.05) is 0 Å². The van der Waals surface area contributed by atoms with E-state index < -0.39 is 30.9 Å². The molecule has 0 atom stereocenters. The zero-order valence-corrected chi connectivity index (χ0v) is 6.26. The van der Waals surface area contributed by atoms with Crippen LogP contribution in [-0.4, -0.2) is 34.9 Å². The lowest BCUT2D eigenvalue weighted by Gasteiger charge is -1.99. The summed E-state index contributed by atoms with van der Waals surface area (Å²) < 4.78 is 0. The molecule has 0 heterocycles. The van der Waals surface area contributed by atoms with Crippen LogP contribution in [0, 0.1) is 0 Å². The molecule has 0 unspecified atom stereocenters. The molecule has 0 saturated heterocycles. The smallest absolute Gasteiger partial charge is 0.384 e. The van der Waals surface area contributed by atoms with E-state index in [1.807, 2.05) is 0 Å². The van der Waals surface area contributed by atoms with Crippen molar-refractivity contribution < 1.29 is 39.4 Å². The van der Waals surface area contributed by atoms with E-state index in [9.17, 15) is 14.4 Å². The van der Waals surface area contributed by atoms with Crippen LogP contribution in [0.2, 0.25) is 0 Å². The molecule has 8 nitrogen and oxygen atoms in total. The normalized spacial score (nSPS) is 7.80. The van der Waals surface area contributed by atoms with Gasteiger partial charge in [-0.25, -0.2) is 24.3 Å². The molecule has 0 bridgehead atoms. The Labute approximate surface area is 86.2 Å². The fourth-order valence-corrected chi connectivity index (χ4v) is 0.323. The fourth-order valence-electron chi connectivity index (χ4n) is 0.323. The highest BCUT2D eigenvalue weighted by molar-refractivity contribution is 5.90. The van der Waals surface area contributed by atoms with Crippen molar-refractivity contribution in [2.24, 2.45) is 0 Å². The quantitative estimate of drug-likeness (QED) is 0.397. The minimum atomic E-state index is -1.42. The summed E-state index contributed by atoms with van der Waals surface area (Å²) in [5.41, 5.74) is 0. The lowest BCUT2D eigenvalue weighted by molar-refractivity contribution is -0.284. The van der Waals surface area contributed by atoms with Gasteiger partial charge in [0.15, 0.2) is 6.61 Å². The molecule has 0 aromatic heterocycles. The Bertz CT molecular complexity index is 211. The molecule has 0 radical (unpaired) electrons. The molecule has 0 spiro atoms. The second-order valence-electron chi connectivity index (χ2n) is 1.75. The van der Waals surface area contributed by atoms with Crippen LogP contribution < -0.4 is 0 Å². The molecule has 0 aliphatic heterocycles. The van der Waals surface area contributed by atoms with Crippen LogP contribution >= 0.6 is 0 Å². The van der Waals surface area contributed by atoms with Gasteiger partial charge < -0.3 is 5.11 Å². The third-order valence-electron chi connectivity index (χ3n) is 0.706. The third-order valence-corrected chi connectivity index (χ3v) is 0.706. The summed E-state index contributed by atoms with van der Waals surface area (Å²) >= 11 is 0. The monoisotopic (exact) mass is 226 g/mol. The third kappa shape index (κ3) is 12.3. The lowest BCUT2D eigenvalue weighted by atomic mass is 10.5. The van der Waals surface area contributed by atoms with Gasteiger partial charge in [0.1, 0.15) is 6.42 Å². The van der Waals surface area contributed by atoms with Gasteiger partial charge >= 0.3 is 17.9 Å². The molecule has 0 amide bonds. The highest BCUT2D eigenvalue weighted by Gasteiger charge is 2.13. The Morgan fingerprint density at radius 1 is 1.00 bits per heavy atom. The first-order valence-electron chi connectivity index (χ1n) is 2.94. The zero-order chi connectivity index (χ0) is 10.3. The fraction of sp³-hybridized carbons (Fsp3) is 0.571. The van der Waals surface area contributed by atoms with E-state index in [1.165, 1.54) is 0 Å². The van der Waals surface area contributed by atoms with Crippen LogP contribution in [-0.2, 0) is 29.0 Å². The first-order chi connectivity index (χ1) is 6.06. The Kier molecular flexibility index (Phi) is 13.2. The molecule has 2 N–H and O–H groups in total. The predicted molar refractivity (Wildman–Crippen MR) is 46.5 cm³/mol. The molecular weight excluding hydrogens is 212 g/mol. The maximum atomic E-state index is 10.4. The summed E-state index contributed by atoms with van der Waals surface area (Å²) in [5, 5.41) is 15.8. The molecule has 0 saturated carbocycles. The second kappa shape index (κ2) is 10.4. The Hall–Kier alpha value is -1.67. The zero-order valence-electron chi connectivity index (χ0n) is 6.26. The van der Waals surface area contributed by atoms with E-state index in [-0.39, 0.29) is 14.9 Å². The molecule has 0 aliphatic carbocycles. The van der Waals surface area contributed by atoms with E-state index in [4.69, 9.17) is 10.4 Å². The lowest BCUT2D eigenvalue weighted by Crippen LogP contribution is -2.17. The van der Waals surface area contributed by atoms with Gasteiger partial charge in [-0.05, 0) is 0 Å². The number of hydrogen-bond donors (Lipinski definition) is 2. The van der Waals surface area contributed by atoms with Crippen LogP contribution in [0.5, 0.6) is 0 Å². The number of carboxylic acids is 1. The number of carbonyl (C=O) groups is 3. The summed E-state index contributed by atoms with van der Waals surface area (Å²) in [5.74, 6) is -3.82. The van der Waals surface area contributed by atoms with Crippen molar-refractivity contribution in [3.8, 4) is 0 Å². The van der Waals surface area contributed by atoms with E-state index in [0.29, 0.717) is 0 Å². The molecule has 0 aromatic carbocycles. The number of rotatable bonds is 4. The number of carboxylic acid groups (broad SMARTS) is 1. The van der Waals surface area contributed by atoms with Gasteiger partial charge in [-0.3, -0.25) is 10.1 Å². The van der Waals surface area contributed by atoms with Gasteiger partial charge in [-0.1, -0.05) is 14.9 Å². The van der Waals surface area contributed by atoms with Crippen molar-refractivity contribution in [2.45, 2.75) is 21.3 Å². The average Bonchev–Trinajstić information content (AvgIpc) is 2.00. The van der Waals surface area contributed by atoms with Crippen molar-refractivity contribution in [2.75, 3.05) is 6.61 Å². The molecule has 15 heavy (non-hydrogen) atoms. The molecule has 8 heteroatoms. The minimum Gasteiger partial charge on any atom is -0.481 e. The van der Waals surface area contributed by atoms with Gasteiger partial charge in [0.25, 0.3) is 0 Å². The van der Waals surface area contributed by atoms with Crippen LogP contribution in [0.3, 0.4) is 0 Å². The summed E-state index contributed by atoms with van der Waals surface area (Å²) in [6, 6.07) is 0. The topological polar surface area (TPSA) is 119 Å². The van der Waals surface area contributed by atoms with Crippen molar-refractivity contribution >= 4 is 17.9 Å². The molecule has 0 aliphatic rings. The highest BCUT2D eigenvalue weighted by Crippen LogP contribution is 1.89. The minimum absolute atomic E-state index is 0. The number of carbonyl (C=O) groups excluding carboxylic acids is 2. The maximum Gasteiger partial charge on any atom is 0.384 e. The van der Waals surface area contributed by atoms with E-state index >= 15 is 0 Å². The molecule has 0 aromatic rings. The van der Waals surface area contributed by atoms with Gasteiger partial charge in [-0.15, -0.1) is 0 Å². The molecular formula is C7H14O8. The summed E-state index contributed by atoms with van der Waals surface area (Å²) in [6.45, 7) is -0.819. The van der Waals surface area contributed by atoms with Crippen molar-refractivity contribution in [1.82, 2.24) is 0 Å². The standard InChI is InChI=1S/C5H6O8.2CH4/c6-3(7)1-4(8)12-13-5(9)2-11-10;;/h10H,1-2H2,(H,6,7);2*1H4. The average molecular weight is 226 g/mol. The molecule has 0 rings (SSSR count). The van der Waals surface area contributed by atoms with Gasteiger partial charge in [0.2, 0.25) is 0 Å². The van der Waals surface area contributed by atoms with Crippen LogP contribution in [0.15, 0.2) is 0 Å². The Morgan fingerprint density at radius 2 is 1.47 bits per heavy atom. The van der Waals surface area contributed by atoms with Crippen LogP contribution in [0.1, 0.15) is 21.3 Å². The summed E-state index contributed by atoms with van der Waals surface area (Å²) in [6.07, 6.45) is -0.923. The number of aliphatic carboxylic acids is 1. The first-order valence-corrected chi connectivity index (χ1v) is 2.94. The van der Waals surface area contributed by atoms with E-state index in [2.05, 4.69) is 14.7 Å². The van der Waals surface area contributed by atoms with Crippen molar-refractivity contribution in [3.05, 3.63) is 0 Å². The van der Waals surface area contributed by atoms with E-state index in [0.717, 1.165) is 0 Å². The Morgan fingerprint density at radius 3 is 1.87 bits per heavy atom. The first kappa shape index (κ1) is 19.0. The second-order valence-corrected chi connectivity index (χ2v) is 1.75. The van der Waals surface area contributed by atoms with Gasteiger partial charge in [0.05, 0.1) is 0 Å².